The number of pyridine rings is 1. The first-order chi connectivity index (χ1) is 15.2. The number of aromatic nitrogens is 3. The van der Waals surface area contributed by atoms with Crippen molar-refractivity contribution in [1.82, 2.24) is 20.1 Å². The quantitative estimate of drug-likeness (QED) is 0.470. The van der Waals surface area contributed by atoms with Crippen LogP contribution in [-0.4, -0.2) is 35.3 Å². The molecule has 0 aliphatic rings. The molecule has 2 heterocycles. The molecule has 164 valence electrons. The first-order valence-electron chi connectivity index (χ1n) is 9.96. The van der Waals surface area contributed by atoms with Crippen molar-refractivity contribution in [1.29, 1.82) is 0 Å². The fourth-order valence-corrected chi connectivity index (χ4v) is 4.22. The number of carbonyl (C=O) groups is 1. The van der Waals surface area contributed by atoms with E-state index in [2.05, 4.69) is 15.1 Å². The maximum Gasteiger partial charge on any atom is 0.252 e. The van der Waals surface area contributed by atoms with Gasteiger partial charge in [-0.05, 0) is 24.6 Å². The number of fused-ring (bicyclic) bond motifs is 1. The van der Waals surface area contributed by atoms with Crippen molar-refractivity contribution < 1.29 is 13.2 Å². The molecule has 32 heavy (non-hydrogen) atoms. The molecule has 0 unspecified atom stereocenters. The van der Waals surface area contributed by atoms with Gasteiger partial charge in [0, 0.05) is 19.2 Å². The standard InChI is InChI=1S/C23H23N5O3S/c1-15-21-18(13-20(16-9-5-4-6-10-16)25-22(21)28(2)26-15)23(29)24-14-17-11-7-8-12-19(17)27-32(3,30)31/h4-13,27H,14H2,1-3H3,(H,24,29). The molecule has 0 aliphatic carbocycles. The van der Waals surface area contributed by atoms with Crippen LogP contribution in [0.1, 0.15) is 21.6 Å². The van der Waals surface area contributed by atoms with Gasteiger partial charge in [0.05, 0.1) is 34.3 Å². The van der Waals surface area contributed by atoms with Crippen molar-refractivity contribution in [3.8, 4) is 11.3 Å². The zero-order chi connectivity index (χ0) is 22.9. The molecular formula is C23H23N5O3S. The molecule has 2 N–H and O–H groups in total. The summed E-state index contributed by atoms with van der Waals surface area (Å²) in [7, 11) is -1.64. The van der Waals surface area contributed by atoms with Gasteiger partial charge in [-0.15, -0.1) is 0 Å². The smallest absolute Gasteiger partial charge is 0.252 e. The van der Waals surface area contributed by atoms with E-state index in [1.165, 1.54) is 0 Å². The highest BCUT2D eigenvalue weighted by molar-refractivity contribution is 7.92. The number of nitrogens with zero attached hydrogens (tertiary/aromatic N) is 3. The van der Waals surface area contributed by atoms with Crippen molar-refractivity contribution in [3.05, 3.63) is 77.5 Å². The molecule has 0 atom stereocenters. The van der Waals surface area contributed by atoms with E-state index in [-0.39, 0.29) is 12.5 Å². The number of sulfonamides is 1. The SMILES string of the molecule is Cc1nn(C)c2nc(-c3ccccc3)cc(C(=O)NCc3ccccc3NS(C)(=O)=O)c12. The van der Waals surface area contributed by atoms with Gasteiger partial charge in [-0.3, -0.25) is 14.2 Å². The number of benzene rings is 2. The highest BCUT2D eigenvalue weighted by Gasteiger charge is 2.19. The summed E-state index contributed by atoms with van der Waals surface area (Å²) >= 11 is 0. The Balaban J connectivity index is 1.70. The van der Waals surface area contributed by atoms with Gasteiger partial charge in [-0.1, -0.05) is 48.5 Å². The molecule has 0 aliphatic heterocycles. The average molecular weight is 450 g/mol. The van der Waals surface area contributed by atoms with Crippen molar-refractivity contribution >= 4 is 32.7 Å². The molecule has 4 rings (SSSR count). The number of amides is 1. The minimum atomic E-state index is -3.44. The van der Waals surface area contributed by atoms with Crippen LogP contribution in [0.15, 0.2) is 60.7 Å². The van der Waals surface area contributed by atoms with E-state index in [1.807, 2.05) is 37.3 Å². The Bertz CT molecular complexity index is 1410. The van der Waals surface area contributed by atoms with Gasteiger partial charge in [0.1, 0.15) is 0 Å². The van der Waals surface area contributed by atoms with Gasteiger partial charge in [-0.2, -0.15) is 5.10 Å². The van der Waals surface area contributed by atoms with Gasteiger partial charge in [-0.25, -0.2) is 13.4 Å². The highest BCUT2D eigenvalue weighted by atomic mass is 32.2. The molecule has 0 radical (unpaired) electrons. The van der Waals surface area contributed by atoms with Gasteiger partial charge in [0.2, 0.25) is 10.0 Å². The van der Waals surface area contributed by atoms with Gasteiger partial charge in [0.25, 0.3) is 5.91 Å². The largest absolute Gasteiger partial charge is 0.348 e. The predicted molar refractivity (Wildman–Crippen MR) is 125 cm³/mol. The van der Waals surface area contributed by atoms with Gasteiger partial charge in [0.15, 0.2) is 5.65 Å². The lowest BCUT2D eigenvalue weighted by Gasteiger charge is -2.13. The lowest BCUT2D eigenvalue weighted by molar-refractivity contribution is 0.0952. The third kappa shape index (κ3) is 4.47. The Morgan fingerprint density at radius 3 is 2.47 bits per heavy atom. The number of hydrogen-bond acceptors (Lipinski definition) is 5. The molecule has 2 aromatic heterocycles. The molecule has 0 bridgehead atoms. The Hall–Kier alpha value is -3.72. The van der Waals surface area contributed by atoms with Crippen molar-refractivity contribution in [2.75, 3.05) is 11.0 Å². The average Bonchev–Trinajstić information content (AvgIpc) is 3.05. The Labute approximate surface area is 186 Å². The van der Waals surface area contributed by atoms with Crippen LogP contribution in [0, 0.1) is 6.92 Å². The molecular weight excluding hydrogens is 426 g/mol. The lowest BCUT2D eigenvalue weighted by Crippen LogP contribution is -2.24. The van der Waals surface area contributed by atoms with Crippen LogP contribution < -0.4 is 10.0 Å². The van der Waals surface area contributed by atoms with Crippen molar-refractivity contribution in [2.24, 2.45) is 7.05 Å². The maximum atomic E-state index is 13.3. The van der Waals surface area contributed by atoms with Crippen molar-refractivity contribution in [3.63, 3.8) is 0 Å². The third-order valence-electron chi connectivity index (χ3n) is 5.03. The van der Waals surface area contributed by atoms with E-state index >= 15 is 0 Å². The molecule has 9 heteroatoms. The van der Waals surface area contributed by atoms with Crippen LogP contribution in [0.5, 0.6) is 0 Å². The summed E-state index contributed by atoms with van der Waals surface area (Å²) in [6.07, 6.45) is 1.09. The number of carbonyl (C=O) groups excluding carboxylic acids is 1. The van der Waals surface area contributed by atoms with E-state index in [1.54, 1.807) is 42.1 Å². The summed E-state index contributed by atoms with van der Waals surface area (Å²) in [6, 6.07) is 18.3. The first-order valence-corrected chi connectivity index (χ1v) is 11.9. The monoisotopic (exact) mass is 449 g/mol. The second-order valence-electron chi connectivity index (χ2n) is 7.54. The van der Waals surface area contributed by atoms with Crippen LogP contribution in [-0.2, 0) is 23.6 Å². The predicted octanol–water partition coefficient (Wildman–Crippen LogP) is 3.25. The van der Waals surface area contributed by atoms with E-state index < -0.39 is 10.0 Å². The number of rotatable bonds is 6. The molecule has 8 nitrogen and oxygen atoms in total. The molecule has 4 aromatic rings. The van der Waals surface area contributed by atoms with Crippen LogP contribution in [0.4, 0.5) is 5.69 Å². The molecule has 1 amide bonds. The Morgan fingerprint density at radius 1 is 1.06 bits per heavy atom. The summed E-state index contributed by atoms with van der Waals surface area (Å²) in [6.45, 7) is 2.00. The van der Waals surface area contributed by atoms with E-state index in [0.717, 1.165) is 11.8 Å². The molecule has 0 fully saturated rings. The normalized spacial score (nSPS) is 11.5. The van der Waals surface area contributed by atoms with Crippen LogP contribution >= 0.6 is 0 Å². The molecule has 0 saturated carbocycles. The summed E-state index contributed by atoms with van der Waals surface area (Å²) < 4.78 is 27.5. The number of anilines is 1. The van der Waals surface area contributed by atoms with E-state index in [4.69, 9.17) is 4.98 Å². The van der Waals surface area contributed by atoms with Gasteiger partial charge >= 0.3 is 0 Å². The van der Waals surface area contributed by atoms with Gasteiger partial charge < -0.3 is 5.32 Å². The van der Waals surface area contributed by atoms with Crippen LogP contribution in [0.25, 0.3) is 22.3 Å². The Morgan fingerprint density at radius 2 is 1.75 bits per heavy atom. The fourth-order valence-electron chi connectivity index (χ4n) is 3.63. The number of nitrogens with one attached hydrogen (secondary N) is 2. The van der Waals surface area contributed by atoms with E-state index in [0.29, 0.717) is 39.2 Å². The second-order valence-corrected chi connectivity index (χ2v) is 9.29. The Kier molecular flexibility index (Phi) is 5.67. The van der Waals surface area contributed by atoms with Crippen LogP contribution in [0.3, 0.4) is 0 Å². The van der Waals surface area contributed by atoms with Crippen LogP contribution in [0.2, 0.25) is 0 Å². The first kappa shape index (κ1) is 21.5. The third-order valence-corrected chi connectivity index (χ3v) is 5.63. The molecule has 0 saturated heterocycles. The zero-order valence-corrected chi connectivity index (χ0v) is 18.8. The summed E-state index contributed by atoms with van der Waals surface area (Å²) in [4.78, 5) is 18.0. The zero-order valence-electron chi connectivity index (χ0n) is 18.0. The van der Waals surface area contributed by atoms with E-state index in [9.17, 15) is 13.2 Å². The minimum absolute atomic E-state index is 0.154. The minimum Gasteiger partial charge on any atom is -0.348 e. The number of para-hydroxylation sites is 1. The number of hydrogen-bond donors (Lipinski definition) is 2. The summed E-state index contributed by atoms with van der Waals surface area (Å²) in [5.41, 5.74) is 4.44. The topological polar surface area (TPSA) is 106 Å². The highest BCUT2D eigenvalue weighted by Crippen LogP contribution is 2.27. The van der Waals surface area contributed by atoms with Crippen molar-refractivity contribution in [2.45, 2.75) is 13.5 Å². The maximum absolute atomic E-state index is 13.3. The lowest BCUT2D eigenvalue weighted by atomic mass is 10.0. The number of aryl methyl sites for hydroxylation is 2. The molecule has 2 aromatic carbocycles. The fraction of sp³-hybridized carbons (Fsp3) is 0.174. The summed E-state index contributed by atoms with van der Waals surface area (Å²) in [5, 5.41) is 8.04. The second kappa shape index (κ2) is 8.43. The summed E-state index contributed by atoms with van der Waals surface area (Å²) in [5.74, 6) is -0.292. The molecule has 0 spiro atoms.